The van der Waals surface area contributed by atoms with Gasteiger partial charge in [-0.25, -0.2) is 13.9 Å². The number of carbonyl (C=O) groups is 1. The van der Waals surface area contributed by atoms with Crippen molar-refractivity contribution in [3.8, 4) is 6.01 Å². The van der Waals surface area contributed by atoms with Crippen LogP contribution >= 0.6 is 0 Å². The molecule has 0 aliphatic heterocycles. The second kappa shape index (κ2) is 4.78. The lowest BCUT2D eigenvalue weighted by atomic mass is 10.2. The maximum atomic E-state index is 12.9. The summed E-state index contributed by atoms with van der Waals surface area (Å²) in [4.78, 5) is 15.4. The van der Waals surface area contributed by atoms with Crippen molar-refractivity contribution in [1.29, 1.82) is 0 Å². The fourth-order valence-corrected chi connectivity index (χ4v) is 1.21. The summed E-state index contributed by atoms with van der Waals surface area (Å²) in [5, 5.41) is 8.33. The van der Waals surface area contributed by atoms with Crippen LogP contribution in [-0.4, -0.2) is 28.2 Å². The van der Waals surface area contributed by atoms with E-state index in [2.05, 4.69) is 20.5 Å². The third-order valence-electron chi connectivity index (χ3n) is 2.06. The van der Waals surface area contributed by atoms with Gasteiger partial charge in [0.25, 0.3) is 5.91 Å². The Morgan fingerprint density at radius 1 is 1.39 bits per heavy atom. The number of aromatic amines is 1. The highest BCUT2D eigenvalue weighted by atomic mass is 19.2. The lowest BCUT2D eigenvalue weighted by Gasteiger charge is -2.01. The Morgan fingerprint density at radius 3 is 2.78 bits per heavy atom. The van der Waals surface area contributed by atoms with E-state index >= 15 is 0 Å². The van der Waals surface area contributed by atoms with Crippen molar-refractivity contribution in [3.05, 3.63) is 35.4 Å². The second-order valence-corrected chi connectivity index (χ2v) is 3.25. The van der Waals surface area contributed by atoms with E-state index in [9.17, 15) is 13.6 Å². The Balaban J connectivity index is 2.14. The fourth-order valence-electron chi connectivity index (χ4n) is 1.21. The number of halogens is 2. The number of ether oxygens (including phenoxy) is 1. The Kier molecular flexibility index (Phi) is 3.18. The average molecular weight is 254 g/mol. The minimum Gasteiger partial charge on any atom is -0.466 e. The molecular formula is C10H8F2N4O2. The molecule has 6 nitrogen and oxygen atoms in total. The van der Waals surface area contributed by atoms with Crippen LogP contribution in [0.5, 0.6) is 6.01 Å². The highest BCUT2D eigenvalue weighted by Crippen LogP contribution is 2.11. The van der Waals surface area contributed by atoms with Crippen molar-refractivity contribution in [3.63, 3.8) is 0 Å². The van der Waals surface area contributed by atoms with Crippen LogP contribution in [0.25, 0.3) is 0 Å². The number of nitrogens with zero attached hydrogens (tertiary/aromatic N) is 2. The lowest BCUT2D eigenvalue weighted by Crippen LogP contribution is -2.13. The zero-order valence-corrected chi connectivity index (χ0v) is 9.20. The van der Waals surface area contributed by atoms with Gasteiger partial charge >= 0.3 is 6.01 Å². The molecule has 1 amide bonds. The molecule has 8 heteroatoms. The predicted octanol–water partition coefficient (Wildman–Crippen LogP) is 1.34. The minimum atomic E-state index is -1.10. The first-order valence-electron chi connectivity index (χ1n) is 4.83. The van der Waals surface area contributed by atoms with Crippen molar-refractivity contribution < 1.29 is 18.3 Å². The minimum absolute atomic E-state index is 0.0377. The van der Waals surface area contributed by atoms with Crippen molar-refractivity contribution in [2.45, 2.75) is 0 Å². The van der Waals surface area contributed by atoms with Crippen molar-refractivity contribution in [1.82, 2.24) is 15.2 Å². The number of rotatable bonds is 3. The number of hydrogen-bond donors (Lipinski definition) is 2. The number of benzene rings is 1. The van der Waals surface area contributed by atoms with E-state index in [1.165, 1.54) is 7.11 Å². The largest absolute Gasteiger partial charge is 0.466 e. The molecule has 2 N–H and O–H groups in total. The van der Waals surface area contributed by atoms with Crippen LogP contribution in [0.3, 0.4) is 0 Å². The number of methoxy groups -OCH3 is 1. The molecule has 0 saturated carbocycles. The van der Waals surface area contributed by atoms with Gasteiger partial charge in [0.1, 0.15) is 0 Å². The van der Waals surface area contributed by atoms with Gasteiger partial charge in [0, 0.05) is 5.56 Å². The van der Waals surface area contributed by atoms with Gasteiger partial charge in [0.05, 0.1) is 7.11 Å². The van der Waals surface area contributed by atoms with Crippen molar-refractivity contribution in [2.24, 2.45) is 0 Å². The maximum Gasteiger partial charge on any atom is 0.336 e. The predicted molar refractivity (Wildman–Crippen MR) is 57.2 cm³/mol. The summed E-state index contributed by atoms with van der Waals surface area (Å²) in [5.41, 5.74) is -0.0377. The first kappa shape index (κ1) is 12.0. The summed E-state index contributed by atoms with van der Waals surface area (Å²) in [7, 11) is 1.37. The molecule has 0 saturated heterocycles. The van der Waals surface area contributed by atoms with Gasteiger partial charge in [-0.15, -0.1) is 5.10 Å². The monoisotopic (exact) mass is 254 g/mol. The summed E-state index contributed by atoms with van der Waals surface area (Å²) in [6, 6.07) is 2.86. The number of anilines is 1. The standard InChI is InChI=1S/C10H8F2N4O2/c1-18-10-14-9(15-16-10)13-8(17)5-2-3-6(11)7(12)4-5/h2-4H,1H3,(H2,13,14,15,16,17). The maximum absolute atomic E-state index is 12.9. The zero-order chi connectivity index (χ0) is 13.1. The summed E-state index contributed by atoms with van der Waals surface area (Å²) in [5.74, 6) is -2.72. The Morgan fingerprint density at radius 2 is 2.17 bits per heavy atom. The number of amides is 1. The van der Waals surface area contributed by atoms with E-state index in [4.69, 9.17) is 4.74 Å². The van der Waals surface area contributed by atoms with Crippen LogP contribution in [0.15, 0.2) is 18.2 Å². The molecule has 0 aliphatic carbocycles. The average Bonchev–Trinajstić information content (AvgIpc) is 2.80. The van der Waals surface area contributed by atoms with Gasteiger partial charge in [0.2, 0.25) is 5.95 Å². The zero-order valence-electron chi connectivity index (χ0n) is 9.20. The van der Waals surface area contributed by atoms with E-state index in [1.54, 1.807) is 0 Å². The van der Waals surface area contributed by atoms with E-state index in [0.717, 1.165) is 18.2 Å². The van der Waals surface area contributed by atoms with Gasteiger partial charge in [-0.1, -0.05) is 0 Å². The van der Waals surface area contributed by atoms with Crippen LogP contribution in [0.1, 0.15) is 10.4 Å². The SMILES string of the molecule is COc1n[nH]c(NC(=O)c2ccc(F)c(F)c2)n1. The van der Waals surface area contributed by atoms with Crippen LogP contribution in [0.4, 0.5) is 14.7 Å². The molecule has 2 rings (SSSR count). The van der Waals surface area contributed by atoms with Gasteiger partial charge in [0.15, 0.2) is 11.6 Å². The van der Waals surface area contributed by atoms with Crippen molar-refractivity contribution >= 4 is 11.9 Å². The first-order chi connectivity index (χ1) is 8.60. The summed E-state index contributed by atoms with van der Waals surface area (Å²) in [6.07, 6.45) is 0. The highest BCUT2D eigenvalue weighted by Gasteiger charge is 2.12. The van der Waals surface area contributed by atoms with Crippen LogP contribution in [-0.2, 0) is 0 Å². The highest BCUT2D eigenvalue weighted by molar-refractivity contribution is 6.03. The van der Waals surface area contributed by atoms with Gasteiger partial charge in [-0.3, -0.25) is 10.1 Å². The van der Waals surface area contributed by atoms with Crippen LogP contribution in [0, 0.1) is 11.6 Å². The molecule has 0 radical (unpaired) electrons. The molecule has 94 valence electrons. The van der Waals surface area contributed by atoms with E-state index in [0.29, 0.717) is 0 Å². The lowest BCUT2D eigenvalue weighted by molar-refractivity contribution is 0.102. The van der Waals surface area contributed by atoms with Gasteiger partial charge in [-0.2, -0.15) is 4.98 Å². The number of nitrogens with one attached hydrogen (secondary N) is 2. The smallest absolute Gasteiger partial charge is 0.336 e. The molecule has 0 aliphatic rings. The molecule has 0 atom stereocenters. The number of H-pyrrole nitrogens is 1. The van der Waals surface area contributed by atoms with E-state index in [-0.39, 0.29) is 17.5 Å². The topological polar surface area (TPSA) is 79.9 Å². The van der Waals surface area contributed by atoms with Gasteiger partial charge < -0.3 is 4.74 Å². The van der Waals surface area contributed by atoms with Crippen LogP contribution in [0.2, 0.25) is 0 Å². The summed E-state index contributed by atoms with van der Waals surface area (Å²) in [6.45, 7) is 0. The second-order valence-electron chi connectivity index (χ2n) is 3.25. The third-order valence-corrected chi connectivity index (χ3v) is 2.06. The summed E-state index contributed by atoms with van der Waals surface area (Å²) >= 11 is 0. The molecule has 0 fully saturated rings. The van der Waals surface area contributed by atoms with Crippen molar-refractivity contribution in [2.75, 3.05) is 12.4 Å². The molecule has 1 heterocycles. The molecule has 1 aromatic carbocycles. The van der Waals surface area contributed by atoms with Crippen LogP contribution < -0.4 is 10.1 Å². The Bertz CT molecular complexity index is 585. The molecular weight excluding hydrogens is 246 g/mol. The molecule has 0 spiro atoms. The molecule has 2 aromatic rings. The Labute approximate surface area is 100.0 Å². The van der Waals surface area contributed by atoms with Gasteiger partial charge in [-0.05, 0) is 18.2 Å². The fraction of sp³-hybridized carbons (Fsp3) is 0.100. The molecule has 0 unspecified atom stereocenters. The molecule has 0 bridgehead atoms. The number of aromatic nitrogens is 3. The molecule has 18 heavy (non-hydrogen) atoms. The summed E-state index contributed by atoms with van der Waals surface area (Å²) < 4.78 is 30.3. The van der Waals surface area contributed by atoms with E-state index < -0.39 is 17.5 Å². The normalized spacial score (nSPS) is 10.2. The number of hydrogen-bond acceptors (Lipinski definition) is 4. The molecule has 1 aromatic heterocycles. The Hall–Kier alpha value is -2.51. The number of carbonyl (C=O) groups excluding carboxylic acids is 1. The quantitative estimate of drug-likeness (QED) is 0.866. The van der Waals surface area contributed by atoms with E-state index in [1.807, 2.05) is 0 Å². The third kappa shape index (κ3) is 2.42. The first-order valence-corrected chi connectivity index (χ1v) is 4.83.